The molecule has 0 bridgehead atoms. The Morgan fingerprint density at radius 3 is 2.50 bits per heavy atom. The van der Waals surface area contributed by atoms with Crippen LogP contribution < -0.4 is 9.62 Å². The fourth-order valence-electron chi connectivity index (χ4n) is 3.30. The summed E-state index contributed by atoms with van der Waals surface area (Å²) in [6, 6.07) is 13.9. The van der Waals surface area contributed by atoms with Crippen LogP contribution in [0.15, 0.2) is 83.3 Å². The Morgan fingerprint density at radius 1 is 1.06 bits per heavy atom. The van der Waals surface area contributed by atoms with E-state index in [-0.39, 0.29) is 27.6 Å². The number of anilines is 1. The molecule has 1 amide bonds. The molecule has 0 radical (unpaired) electrons. The van der Waals surface area contributed by atoms with Gasteiger partial charge in [-0.2, -0.15) is 0 Å². The molecule has 0 saturated heterocycles. The van der Waals surface area contributed by atoms with E-state index in [1.165, 1.54) is 49.5 Å². The first kappa shape index (κ1) is 23.5. The molecule has 0 atom stereocenters. The van der Waals surface area contributed by atoms with Crippen LogP contribution in [-0.4, -0.2) is 26.4 Å². The Hall–Kier alpha value is -3.63. The van der Waals surface area contributed by atoms with Crippen molar-refractivity contribution in [3.63, 3.8) is 0 Å². The fraction of sp³-hybridized carbons (Fsp3) is 0.0833. The monoisotopic (exact) mass is 499 g/mol. The van der Waals surface area contributed by atoms with E-state index < -0.39 is 27.6 Å². The van der Waals surface area contributed by atoms with Crippen molar-refractivity contribution in [1.82, 2.24) is 10.3 Å². The Morgan fingerprint density at radius 2 is 1.82 bits per heavy atom. The molecule has 174 valence electrons. The molecule has 4 aromatic rings. The van der Waals surface area contributed by atoms with Crippen LogP contribution in [0.2, 0.25) is 0 Å². The summed E-state index contributed by atoms with van der Waals surface area (Å²) in [6.07, 6.45) is 3.19. The summed E-state index contributed by atoms with van der Waals surface area (Å²) in [7, 11) is -3.02. The minimum Gasteiger partial charge on any atom is -0.347 e. The molecule has 2 heterocycles. The van der Waals surface area contributed by atoms with E-state index in [1.807, 2.05) is 0 Å². The number of benzene rings is 2. The summed E-state index contributed by atoms with van der Waals surface area (Å²) in [4.78, 5) is 16.8. The van der Waals surface area contributed by atoms with Gasteiger partial charge in [0.15, 0.2) is 0 Å². The molecule has 0 fully saturated rings. The van der Waals surface area contributed by atoms with Crippen LogP contribution >= 0.6 is 11.3 Å². The number of carbonyl (C=O) groups excluding carboxylic acids is 1. The van der Waals surface area contributed by atoms with E-state index >= 15 is 0 Å². The van der Waals surface area contributed by atoms with E-state index in [1.54, 1.807) is 29.9 Å². The minimum absolute atomic E-state index is 0.0357. The van der Waals surface area contributed by atoms with Gasteiger partial charge in [0.1, 0.15) is 21.4 Å². The number of carbonyl (C=O) groups is 1. The molecule has 34 heavy (non-hydrogen) atoms. The molecule has 0 unspecified atom stereocenters. The van der Waals surface area contributed by atoms with Gasteiger partial charge in [-0.3, -0.25) is 14.1 Å². The zero-order valence-electron chi connectivity index (χ0n) is 17.9. The van der Waals surface area contributed by atoms with Crippen molar-refractivity contribution in [2.24, 2.45) is 0 Å². The van der Waals surface area contributed by atoms with Crippen LogP contribution in [0.1, 0.15) is 15.2 Å². The zero-order valence-corrected chi connectivity index (χ0v) is 19.5. The van der Waals surface area contributed by atoms with Gasteiger partial charge >= 0.3 is 0 Å². The average Bonchev–Trinajstić information content (AvgIpc) is 3.29. The first-order valence-corrected chi connectivity index (χ1v) is 12.4. The number of nitrogens with one attached hydrogen (secondary N) is 1. The Labute approximate surface area is 199 Å². The summed E-state index contributed by atoms with van der Waals surface area (Å²) in [6.45, 7) is 0.148. The molecule has 0 aliphatic heterocycles. The largest absolute Gasteiger partial charge is 0.347 e. The third-order valence-corrected chi connectivity index (χ3v) is 8.05. The molecule has 0 spiro atoms. The molecule has 2 aromatic carbocycles. The van der Waals surface area contributed by atoms with Crippen LogP contribution in [0.3, 0.4) is 0 Å². The normalized spacial score (nSPS) is 11.3. The zero-order chi connectivity index (χ0) is 24.3. The van der Waals surface area contributed by atoms with Crippen molar-refractivity contribution in [3.05, 3.63) is 101 Å². The maximum atomic E-state index is 13.8. The Balaban J connectivity index is 1.78. The number of rotatable bonds is 7. The number of pyridine rings is 1. The maximum Gasteiger partial charge on any atom is 0.266 e. The number of aromatic nitrogens is 1. The summed E-state index contributed by atoms with van der Waals surface area (Å²) in [5.74, 6) is -1.67. The second kappa shape index (κ2) is 9.70. The van der Waals surface area contributed by atoms with E-state index in [2.05, 4.69) is 10.3 Å². The molecule has 1 N–H and O–H groups in total. The highest BCUT2D eigenvalue weighted by atomic mass is 32.2. The highest BCUT2D eigenvalue weighted by Gasteiger charge is 2.32. The predicted molar refractivity (Wildman–Crippen MR) is 127 cm³/mol. The van der Waals surface area contributed by atoms with E-state index in [9.17, 15) is 22.0 Å². The van der Waals surface area contributed by atoms with Crippen molar-refractivity contribution >= 4 is 33.0 Å². The van der Waals surface area contributed by atoms with Crippen molar-refractivity contribution in [3.8, 4) is 11.1 Å². The van der Waals surface area contributed by atoms with Crippen molar-refractivity contribution in [2.45, 2.75) is 11.4 Å². The molecule has 4 rings (SSSR count). The highest BCUT2D eigenvalue weighted by molar-refractivity contribution is 7.93. The standard InChI is InChI=1S/C24H19F2N3O3S2/c1-29(20-6-2-5-19(26)12-20)34(31,32)23-21(17-7-9-18(25)10-8-17)15-33-22(23)24(30)28-14-16-4-3-11-27-13-16/h2-13,15H,14H2,1H3,(H,28,30). The fourth-order valence-corrected chi connectivity index (χ4v) is 6.17. The van der Waals surface area contributed by atoms with Gasteiger partial charge in [-0.15, -0.1) is 11.3 Å². The highest BCUT2D eigenvalue weighted by Crippen LogP contribution is 2.38. The smallest absolute Gasteiger partial charge is 0.266 e. The lowest BCUT2D eigenvalue weighted by molar-refractivity contribution is 0.0952. The topological polar surface area (TPSA) is 79.4 Å². The summed E-state index contributed by atoms with van der Waals surface area (Å²) in [5.41, 5.74) is 1.51. The van der Waals surface area contributed by atoms with Crippen LogP contribution in [-0.2, 0) is 16.6 Å². The number of amides is 1. The van der Waals surface area contributed by atoms with Crippen LogP contribution in [0, 0.1) is 11.6 Å². The summed E-state index contributed by atoms with van der Waals surface area (Å²) >= 11 is 0.960. The Kier molecular flexibility index (Phi) is 6.71. The number of halogens is 2. The lowest BCUT2D eigenvalue weighted by atomic mass is 10.1. The second-order valence-electron chi connectivity index (χ2n) is 7.31. The lowest BCUT2D eigenvalue weighted by Crippen LogP contribution is -2.30. The van der Waals surface area contributed by atoms with E-state index in [4.69, 9.17) is 0 Å². The average molecular weight is 500 g/mol. The van der Waals surface area contributed by atoms with Gasteiger partial charge in [0, 0.05) is 36.9 Å². The van der Waals surface area contributed by atoms with Crippen LogP contribution in [0.25, 0.3) is 11.1 Å². The molecule has 0 aliphatic carbocycles. The number of nitrogens with zero attached hydrogens (tertiary/aromatic N) is 2. The van der Waals surface area contributed by atoms with Gasteiger partial charge < -0.3 is 5.32 Å². The van der Waals surface area contributed by atoms with Gasteiger partial charge in [-0.25, -0.2) is 17.2 Å². The molecule has 2 aromatic heterocycles. The quantitative estimate of drug-likeness (QED) is 0.395. The molecular weight excluding hydrogens is 480 g/mol. The number of sulfonamides is 1. The summed E-state index contributed by atoms with van der Waals surface area (Å²) in [5, 5.41) is 4.26. The number of hydrogen-bond acceptors (Lipinski definition) is 5. The molecule has 6 nitrogen and oxygen atoms in total. The van der Waals surface area contributed by atoms with Crippen molar-refractivity contribution in [1.29, 1.82) is 0 Å². The summed E-state index contributed by atoms with van der Waals surface area (Å²) < 4.78 is 55.6. The number of thiophene rings is 1. The van der Waals surface area contributed by atoms with Crippen molar-refractivity contribution < 1.29 is 22.0 Å². The van der Waals surface area contributed by atoms with E-state index in [0.29, 0.717) is 5.56 Å². The van der Waals surface area contributed by atoms with Crippen molar-refractivity contribution in [2.75, 3.05) is 11.4 Å². The first-order valence-electron chi connectivity index (χ1n) is 10.1. The molecule has 0 aliphatic rings. The molecular formula is C24H19F2N3O3S2. The third-order valence-electron chi connectivity index (χ3n) is 5.07. The van der Waals surface area contributed by atoms with E-state index in [0.717, 1.165) is 27.3 Å². The molecule has 0 saturated carbocycles. The van der Waals surface area contributed by atoms with Gasteiger partial charge in [0.25, 0.3) is 15.9 Å². The maximum absolute atomic E-state index is 13.8. The van der Waals surface area contributed by atoms with Gasteiger partial charge in [0.2, 0.25) is 0 Å². The third kappa shape index (κ3) is 4.82. The van der Waals surface area contributed by atoms with Gasteiger partial charge in [0.05, 0.1) is 5.69 Å². The minimum atomic E-state index is -4.30. The van der Waals surface area contributed by atoms with Gasteiger partial charge in [-0.1, -0.05) is 24.3 Å². The molecule has 10 heteroatoms. The first-order chi connectivity index (χ1) is 16.3. The SMILES string of the molecule is CN(c1cccc(F)c1)S(=O)(=O)c1c(-c2ccc(F)cc2)csc1C(=O)NCc1cccnc1. The van der Waals surface area contributed by atoms with Gasteiger partial charge in [-0.05, 0) is 47.5 Å². The van der Waals surface area contributed by atoms with Crippen LogP contribution in [0.5, 0.6) is 0 Å². The predicted octanol–water partition coefficient (Wildman–Crippen LogP) is 4.84. The van der Waals surface area contributed by atoms with Crippen LogP contribution in [0.4, 0.5) is 14.5 Å². The lowest BCUT2D eigenvalue weighted by Gasteiger charge is -2.21. The Bertz CT molecular complexity index is 1420. The number of hydrogen-bond donors (Lipinski definition) is 1. The second-order valence-corrected chi connectivity index (χ2v) is 10.1.